The van der Waals surface area contributed by atoms with Gasteiger partial charge in [-0.2, -0.15) is 0 Å². The predicted molar refractivity (Wildman–Crippen MR) is 110 cm³/mol. The van der Waals surface area contributed by atoms with Crippen LogP contribution in [-0.2, 0) is 9.53 Å². The largest absolute Gasteiger partial charge is 0.437 e. The average Bonchev–Trinajstić information content (AvgIpc) is 2.71. The number of hydrogen-bond acceptors (Lipinski definition) is 6. The van der Waals surface area contributed by atoms with Gasteiger partial charge in [0.05, 0.1) is 24.8 Å². The molecule has 0 atom stereocenters. The Labute approximate surface area is 170 Å². The van der Waals surface area contributed by atoms with E-state index in [9.17, 15) is 15.0 Å². The molecule has 0 bridgehead atoms. The number of carbonyl (C=O) groups is 1. The highest BCUT2D eigenvalue weighted by molar-refractivity contribution is 6.32. The van der Waals surface area contributed by atoms with Crippen LogP contribution in [0.1, 0.15) is 12.5 Å². The van der Waals surface area contributed by atoms with Crippen molar-refractivity contribution in [2.24, 2.45) is 5.73 Å². The summed E-state index contributed by atoms with van der Waals surface area (Å²) in [6.07, 6.45) is 8.24. The van der Waals surface area contributed by atoms with Gasteiger partial charge in [-0.15, -0.1) is 0 Å². The van der Waals surface area contributed by atoms with E-state index < -0.39 is 12.5 Å². The molecule has 0 radical (unpaired) electrons. The molecule has 0 saturated carbocycles. The molecule has 1 fully saturated rings. The topological polar surface area (TPSA) is 105 Å². The summed E-state index contributed by atoms with van der Waals surface area (Å²) in [5, 5.41) is 19.0. The first-order valence-electron chi connectivity index (χ1n) is 8.73. The van der Waals surface area contributed by atoms with Crippen molar-refractivity contribution in [2.45, 2.75) is 12.9 Å². The summed E-state index contributed by atoms with van der Waals surface area (Å²) in [5.74, 6) is -2.30. The summed E-state index contributed by atoms with van der Waals surface area (Å²) in [7, 11) is 0. The lowest BCUT2D eigenvalue weighted by molar-refractivity contribution is -0.283. The van der Waals surface area contributed by atoms with Gasteiger partial charge < -0.3 is 30.3 Å². The summed E-state index contributed by atoms with van der Waals surface area (Å²) < 4.78 is 9.93. The average molecular weight is 411 g/mol. The Morgan fingerprint density at radius 2 is 2.11 bits per heavy atom. The van der Waals surface area contributed by atoms with E-state index in [1.54, 1.807) is 29.2 Å². The minimum absolute atomic E-state index is 0.139. The highest BCUT2D eigenvalue weighted by Crippen LogP contribution is 2.30. The minimum atomic E-state index is -2.44. The normalized spacial score (nSPS) is 15.0. The first-order valence-corrected chi connectivity index (χ1v) is 9.11. The van der Waals surface area contributed by atoms with Crippen molar-refractivity contribution in [3.05, 3.63) is 59.7 Å². The molecule has 4 N–H and O–H groups in total. The molecule has 7 nitrogen and oxygen atoms in total. The Balaban J connectivity index is 0.000000406. The van der Waals surface area contributed by atoms with E-state index in [-0.39, 0.29) is 10.8 Å². The molecular weight excluding hydrogens is 384 g/mol. The van der Waals surface area contributed by atoms with Crippen LogP contribution in [0.3, 0.4) is 0 Å². The van der Waals surface area contributed by atoms with E-state index in [2.05, 4.69) is 6.58 Å². The smallest absolute Gasteiger partial charge is 0.335 e. The van der Waals surface area contributed by atoms with Gasteiger partial charge in [-0.3, -0.25) is 4.79 Å². The van der Waals surface area contributed by atoms with Crippen molar-refractivity contribution in [3.8, 4) is 5.75 Å². The number of nitrogens with zero attached hydrogens (tertiary/aromatic N) is 1. The highest BCUT2D eigenvalue weighted by atomic mass is 35.5. The Morgan fingerprint density at radius 3 is 2.57 bits per heavy atom. The lowest BCUT2D eigenvalue weighted by Crippen LogP contribution is -2.43. The quantitative estimate of drug-likeness (QED) is 0.360. The number of nitrogens with two attached hydrogens (primary N) is 1. The number of carbonyl (C=O) groups excluding carboxylic acids is 1. The van der Waals surface area contributed by atoms with Crippen molar-refractivity contribution in [2.75, 3.05) is 32.8 Å². The second kappa shape index (κ2) is 12.3. The fraction of sp³-hybridized carbons (Fsp3) is 0.350. The Bertz CT molecular complexity index is 698. The Kier molecular flexibility index (Phi) is 10.5. The molecule has 0 aromatic heterocycles. The van der Waals surface area contributed by atoms with Gasteiger partial charge in [-0.1, -0.05) is 48.6 Å². The summed E-state index contributed by atoms with van der Waals surface area (Å²) >= 11 is 6.06. The predicted octanol–water partition coefficient (Wildman–Crippen LogP) is 1.94. The van der Waals surface area contributed by atoms with Crippen LogP contribution in [0.4, 0.5) is 0 Å². The van der Waals surface area contributed by atoms with Crippen molar-refractivity contribution < 1.29 is 24.5 Å². The Morgan fingerprint density at radius 1 is 1.43 bits per heavy atom. The molecule has 8 heteroatoms. The molecule has 1 aliphatic rings. The first-order chi connectivity index (χ1) is 13.4. The van der Waals surface area contributed by atoms with Gasteiger partial charge in [0.1, 0.15) is 5.75 Å². The SMILES string of the molecule is C=C/C(=C\C=C\C)c1ccc(OC(O)(O)CN)c(Cl)c1.O=CN1CCOCC1. The zero-order valence-electron chi connectivity index (χ0n) is 15.9. The molecule has 1 aromatic rings. The number of ether oxygens (including phenoxy) is 2. The number of halogens is 1. The number of rotatable bonds is 7. The third kappa shape index (κ3) is 8.24. The number of benzene rings is 1. The molecule has 28 heavy (non-hydrogen) atoms. The molecule has 1 heterocycles. The molecule has 2 rings (SSSR count). The maximum absolute atomic E-state index is 10.0. The monoisotopic (exact) mass is 410 g/mol. The third-order valence-corrected chi connectivity index (χ3v) is 3.98. The summed E-state index contributed by atoms with van der Waals surface area (Å²) in [6, 6.07) is 4.94. The molecular formula is C20H27ClN2O5. The molecule has 1 amide bonds. The van der Waals surface area contributed by atoms with Gasteiger partial charge in [-0.05, 0) is 30.2 Å². The second-order valence-corrected chi connectivity index (χ2v) is 6.21. The number of hydrogen-bond donors (Lipinski definition) is 3. The third-order valence-electron chi connectivity index (χ3n) is 3.69. The van der Waals surface area contributed by atoms with Crippen LogP contribution in [0, 0.1) is 0 Å². The molecule has 1 aromatic carbocycles. The Hall–Kier alpha value is -2.16. The van der Waals surface area contributed by atoms with Gasteiger partial charge in [0.25, 0.3) is 0 Å². The van der Waals surface area contributed by atoms with Gasteiger partial charge in [0.15, 0.2) is 0 Å². The van der Waals surface area contributed by atoms with E-state index in [4.69, 9.17) is 26.8 Å². The van der Waals surface area contributed by atoms with Crippen molar-refractivity contribution in [1.29, 1.82) is 0 Å². The summed E-state index contributed by atoms with van der Waals surface area (Å²) in [5.41, 5.74) is 6.88. The van der Waals surface area contributed by atoms with Crippen LogP contribution in [0.2, 0.25) is 5.02 Å². The summed E-state index contributed by atoms with van der Waals surface area (Å²) in [6.45, 7) is 8.08. The molecule has 0 spiro atoms. The van der Waals surface area contributed by atoms with Crippen LogP contribution in [0.15, 0.2) is 49.1 Å². The molecule has 1 saturated heterocycles. The van der Waals surface area contributed by atoms with E-state index in [1.165, 1.54) is 0 Å². The number of morpholine rings is 1. The molecule has 0 unspecified atom stereocenters. The lowest BCUT2D eigenvalue weighted by Gasteiger charge is -2.21. The van der Waals surface area contributed by atoms with E-state index in [0.717, 1.165) is 30.6 Å². The standard InChI is InChI=1S/C15H18ClNO3.C5H9NO2/c1-3-5-6-11(4-2)12-7-8-14(13(16)9-12)20-15(18,19)10-17;7-5-6-1-3-8-4-2-6/h3-9,18-19H,2,10,17H2,1H3;5H,1-4H2/b5-3+,11-6+;. The van der Waals surface area contributed by atoms with Gasteiger partial charge in [0, 0.05) is 13.1 Å². The second-order valence-electron chi connectivity index (χ2n) is 5.80. The fourth-order valence-electron chi connectivity index (χ4n) is 2.15. The van der Waals surface area contributed by atoms with Crippen molar-refractivity contribution in [3.63, 3.8) is 0 Å². The van der Waals surface area contributed by atoms with Crippen molar-refractivity contribution >= 4 is 23.6 Å². The first kappa shape index (κ1) is 23.9. The van der Waals surface area contributed by atoms with Gasteiger partial charge >= 0.3 is 5.97 Å². The summed E-state index contributed by atoms with van der Waals surface area (Å²) in [4.78, 5) is 11.7. The van der Waals surface area contributed by atoms with E-state index in [0.29, 0.717) is 13.2 Å². The van der Waals surface area contributed by atoms with Crippen LogP contribution in [0.25, 0.3) is 5.57 Å². The van der Waals surface area contributed by atoms with Gasteiger partial charge in [-0.25, -0.2) is 0 Å². The molecule has 0 aliphatic carbocycles. The van der Waals surface area contributed by atoms with Crippen LogP contribution >= 0.6 is 11.6 Å². The molecule has 1 aliphatic heterocycles. The maximum atomic E-state index is 10.0. The van der Waals surface area contributed by atoms with Crippen LogP contribution < -0.4 is 10.5 Å². The number of allylic oxidation sites excluding steroid dienone is 5. The van der Waals surface area contributed by atoms with Crippen molar-refractivity contribution in [1.82, 2.24) is 4.90 Å². The highest BCUT2D eigenvalue weighted by Gasteiger charge is 2.24. The van der Waals surface area contributed by atoms with E-state index in [1.807, 2.05) is 25.2 Å². The minimum Gasteiger partial charge on any atom is -0.437 e. The van der Waals surface area contributed by atoms with Crippen LogP contribution in [0.5, 0.6) is 5.75 Å². The lowest BCUT2D eigenvalue weighted by atomic mass is 10.1. The molecule has 154 valence electrons. The van der Waals surface area contributed by atoms with Gasteiger partial charge in [0.2, 0.25) is 6.41 Å². The zero-order chi connectivity index (χ0) is 21.0. The maximum Gasteiger partial charge on any atom is 0.335 e. The van der Waals surface area contributed by atoms with E-state index >= 15 is 0 Å². The number of amides is 1. The zero-order valence-corrected chi connectivity index (χ0v) is 16.6. The number of aliphatic hydroxyl groups is 2. The van der Waals surface area contributed by atoms with Crippen LogP contribution in [-0.4, -0.2) is 60.3 Å². The fourth-order valence-corrected chi connectivity index (χ4v) is 2.36.